The topological polar surface area (TPSA) is 74.7 Å². The summed E-state index contributed by atoms with van der Waals surface area (Å²) >= 11 is 5.56. The second-order valence-corrected chi connectivity index (χ2v) is 6.48. The van der Waals surface area contributed by atoms with Crippen LogP contribution in [0.1, 0.15) is 12.8 Å². The van der Waals surface area contributed by atoms with E-state index in [2.05, 4.69) is 0 Å². The maximum Gasteiger partial charge on any atom is 0.322 e. The zero-order chi connectivity index (χ0) is 14.2. The van der Waals surface area contributed by atoms with Gasteiger partial charge in [0, 0.05) is 11.6 Å². The van der Waals surface area contributed by atoms with Crippen LogP contribution < -0.4 is 0 Å². The van der Waals surface area contributed by atoms with E-state index in [-0.39, 0.29) is 18.0 Å². The molecule has 0 saturated carbocycles. The first-order chi connectivity index (χ1) is 8.84. The summed E-state index contributed by atoms with van der Waals surface area (Å²) in [6.45, 7) is 0.0708. The molecule has 0 unspecified atom stereocenters. The molecule has 19 heavy (non-hydrogen) atoms. The number of sulfonamides is 1. The van der Waals surface area contributed by atoms with Gasteiger partial charge >= 0.3 is 5.97 Å². The van der Waals surface area contributed by atoms with Crippen molar-refractivity contribution in [2.45, 2.75) is 23.8 Å². The van der Waals surface area contributed by atoms with Gasteiger partial charge in [0.05, 0.1) is 0 Å². The van der Waals surface area contributed by atoms with Crippen molar-refractivity contribution in [1.29, 1.82) is 0 Å². The number of benzene rings is 1. The first-order valence-electron chi connectivity index (χ1n) is 5.54. The third-order valence-corrected chi connectivity index (χ3v) is 5.15. The zero-order valence-corrected chi connectivity index (χ0v) is 11.3. The summed E-state index contributed by atoms with van der Waals surface area (Å²) in [5, 5.41) is 9.06. The summed E-state index contributed by atoms with van der Waals surface area (Å²) < 4.78 is 39.0. The number of hydrogen-bond acceptors (Lipinski definition) is 3. The fraction of sp³-hybridized carbons (Fsp3) is 0.364. The Hall–Kier alpha value is -1.18. The van der Waals surface area contributed by atoms with Gasteiger partial charge in [-0.25, -0.2) is 12.8 Å². The van der Waals surface area contributed by atoms with E-state index < -0.39 is 32.7 Å². The van der Waals surface area contributed by atoms with Gasteiger partial charge < -0.3 is 5.11 Å². The number of halogens is 2. The summed E-state index contributed by atoms with van der Waals surface area (Å²) in [6.07, 6.45) is 0.662. The maximum atomic E-state index is 13.7. The lowest BCUT2D eigenvalue weighted by molar-refractivity contribution is -0.140. The number of hydrogen-bond donors (Lipinski definition) is 1. The molecular formula is C11H11ClFNO4S. The van der Waals surface area contributed by atoms with Crippen LogP contribution in [0.4, 0.5) is 4.39 Å². The number of carboxylic acids is 1. The molecule has 1 N–H and O–H groups in total. The van der Waals surface area contributed by atoms with E-state index in [1.54, 1.807) is 0 Å². The Labute approximate surface area is 114 Å². The molecule has 1 fully saturated rings. The number of nitrogens with zero attached hydrogens (tertiary/aromatic N) is 1. The van der Waals surface area contributed by atoms with Crippen molar-refractivity contribution >= 4 is 27.6 Å². The van der Waals surface area contributed by atoms with E-state index in [4.69, 9.17) is 16.7 Å². The van der Waals surface area contributed by atoms with E-state index in [1.165, 1.54) is 6.07 Å². The van der Waals surface area contributed by atoms with E-state index in [9.17, 15) is 17.6 Å². The molecule has 8 heteroatoms. The predicted octanol–water partition coefficient (Wildman–Crippen LogP) is 1.72. The highest BCUT2D eigenvalue weighted by Gasteiger charge is 2.40. The second kappa shape index (κ2) is 5.07. The van der Waals surface area contributed by atoms with Crippen LogP contribution in [0, 0.1) is 5.82 Å². The highest BCUT2D eigenvalue weighted by Crippen LogP contribution is 2.28. The van der Waals surface area contributed by atoms with E-state index in [1.807, 2.05) is 0 Å². The molecule has 5 nitrogen and oxygen atoms in total. The molecule has 0 amide bonds. The van der Waals surface area contributed by atoms with E-state index >= 15 is 0 Å². The molecule has 0 aliphatic carbocycles. The summed E-state index contributed by atoms with van der Waals surface area (Å²) in [7, 11) is -4.16. The van der Waals surface area contributed by atoms with Gasteiger partial charge in [-0.15, -0.1) is 0 Å². The summed E-state index contributed by atoms with van der Waals surface area (Å²) in [4.78, 5) is 10.5. The van der Waals surface area contributed by atoms with Gasteiger partial charge in [-0.05, 0) is 31.0 Å². The SMILES string of the molecule is O=C(O)[C@H]1CCCN1S(=O)(=O)c1ccc(Cl)cc1F. The van der Waals surface area contributed by atoms with Gasteiger partial charge in [0.15, 0.2) is 0 Å². The summed E-state index contributed by atoms with van der Waals surface area (Å²) in [5.74, 6) is -2.21. The van der Waals surface area contributed by atoms with Crippen LogP contribution in [0.3, 0.4) is 0 Å². The smallest absolute Gasteiger partial charge is 0.322 e. The van der Waals surface area contributed by atoms with Crippen LogP contribution in [0.2, 0.25) is 5.02 Å². The van der Waals surface area contributed by atoms with Crippen LogP contribution in [-0.4, -0.2) is 36.4 Å². The molecule has 2 rings (SSSR count). The normalized spacial score (nSPS) is 20.6. The minimum Gasteiger partial charge on any atom is -0.480 e. The molecule has 1 aliphatic heterocycles. The van der Waals surface area contributed by atoms with Gasteiger partial charge in [-0.2, -0.15) is 4.31 Å². The van der Waals surface area contributed by atoms with Crippen LogP contribution in [0.25, 0.3) is 0 Å². The number of carbonyl (C=O) groups is 1. The van der Waals surface area contributed by atoms with Crippen molar-refractivity contribution in [3.05, 3.63) is 29.0 Å². The third kappa shape index (κ3) is 2.58. The quantitative estimate of drug-likeness (QED) is 0.922. The molecule has 0 bridgehead atoms. The number of rotatable bonds is 3. The van der Waals surface area contributed by atoms with Gasteiger partial charge in [0.1, 0.15) is 16.8 Å². The Morgan fingerprint density at radius 1 is 1.47 bits per heavy atom. The monoisotopic (exact) mass is 307 g/mol. The average Bonchev–Trinajstić information content (AvgIpc) is 2.77. The Kier molecular flexibility index (Phi) is 3.80. The van der Waals surface area contributed by atoms with Crippen molar-refractivity contribution in [1.82, 2.24) is 4.31 Å². The Morgan fingerprint density at radius 2 is 2.16 bits per heavy atom. The molecule has 1 aliphatic rings. The van der Waals surface area contributed by atoms with Gasteiger partial charge in [-0.1, -0.05) is 11.6 Å². The third-order valence-electron chi connectivity index (χ3n) is 2.97. The van der Waals surface area contributed by atoms with Gasteiger partial charge in [-0.3, -0.25) is 4.79 Å². The Morgan fingerprint density at radius 3 is 2.74 bits per heavy atom. The van der Waals surface area contributed by atoms with Crippen molar-refractivity contribution in [2.24, 2.45) is 0 Å². The van der Waals surface area contributed by atoms with Crippen LogP contribution in [0.15, 0.2) is 23.1 Å². The Balaban J connectivity index is 2.45. The molecule has 1 aromatic carbocycles. The summed E-state index contributed by atoms with van der Waals surface area (Å²) in [5.41, 5.74) is 0. The lowest BCUT2D eigenvalue weighted by atomic mass is 10.2. The van der Waals surface area contributed by atoms with Crippen LogP contribution >= 0.6 is 11.6 Å². The molecule has 1 heterocycles. The fourth-order valence-electron chi connectivity index (χ4n) is 2.09. The van der Waals surface area contributed by atoms with Crippen molar-refractivity contribution in [3.8, 4) is 0 Å². The zero-order valence-electron chi connectivity index (χ0n) is 9.71. The lowest BCUT2D eigenvalue weighted by Gasteiger charge is -2.21. The molecule has 1 atom stereocenters. The highest BCUT2D eigenvalue weighted by molar-refractivity contribution is 7.89. The minimum atomic E-state index is -4.16. The lowest BCUT2D eigenvalue weighted by Crippen LogP contribution is -2.40. The molecule has 1 saturated heterocycles. The summed E-state index contributed by atoms with van der Waals surface area (Å²) in [6, 6.07) is 2.05. The number of carboxylic acid groups (broad SMARTS) is 1. The van der Waals surface area contributed by atoms with E-state index in [0.717, 1.165) is 16.4 Å². The minimum absolute atomic E-state index is 0.0708. The van der Waals surface area contributed by atoms with Crippen molar-refractivity contribution in [2.75, 3.05) is 6.54 Å². The molecule has 104 valence electrons. The van der Waals surface area contributed by atoms with E-state index in [0.29, 0.717) is 6.42 Å². The number of aliphatic carboxylic acids is 1. The second-order valence-electron chi connectivity index (χ2n) is 4.19. The molecular weight excluding hydrogens is 297 g/mol. The first kappa shape index (κ1) is 14.2. The highest BCUT2D eigenvalue weighted by atomic mass is 35.5. The van der Waals surface area contributed by atoms with Crippen LogP contribution in [-0.2, 0) is 14.8 Å². The van der Waals surface area contributed by atoms with Gasteiger partial charge in [0.25, 0.3) is 0 Å². The molecule has 0 aromatic heterocycles. The first-order valence-corrected chi connectivity index (χ1v) is 7.35. The predicted molar refractivity (Wildman–Crippen MR) is 66.0 cm³/mol. The molecule has 0 radical (unpaired) electrons. The maximum absolute atomic E-state index is 13.7. The van der Waals surface area contributed by atoms with Crippen LogP contribution in [0.5, 0.6) is 0 Å². The van der Waals surface area contributed by atoms with Crippen molar-refractivity contribution in [3.63, 3.8) is 0 Å². The average molecular weight is 308 g/mol. The largest absolute Gasteiger partial charge is 0.480 e. The molecule has 1 aromatic rings. The van der Waals surface area contributed by atoms with Crippen molar-refractivity contribution < 1.29 is 22.7 Å². The van der Waals surface area contributed by atoms with Gasteiger partial charge in [0.2, 0.25) is 10.0 Å². The standard InChI is InChI=1S/C11H11ClFNO4S/c12-7-3-4-10(8(13)6-7)19(17,18)14-5-1-2-9(14)11(15)16/h3-4,6,9H,1-2,5H2,(H,15,16)/t9-/m1/s1. The fourth-order valence-corrected chi connectivity index (χ4v) is 3.94. The Bertz CT molecular complexity index is 619. The molecule has 0 spiro atoms.